The molecule has 2 rings (SSSR count). The molecule has 0 aliphatic carbocycles. The van der Waals surface area contributed by atoms with Gasteiger partial charge in [0.2, 0.25) is 17.8 Å². The Bertz CT molecular complexity index is 425. The molecule has 104 valence electrons. The Morgan fingerprint density at radius 2 is 1.89 bits per heavy atom. The molecule has 6 nitrogen and oxygen atoms in total. The molecule has 0 atom stereocenters. The zero-order valence-corrected chi connectivity index (χ0v) is 11.7. The summed E-state index contributed by atoms with van der Waals surface area (Å²) < 4.78 is 0. The average molecular weight is 262 g/mol. The van der Waals surface area contributed by atoms with Gasteiger partial charge in [-0.05, 0) is 26.7 Å². The summed E-state index contributed by atoms with van der Waals surface area (Å²) in [6.45, 7) is 10.5. The van der Waals surface area contributed by atoms with Gasteiger partial charge in [0.1, 0.15) is 0 Å². The van der Waals surface area contributed by atoms with Crippen molar-refractivity contribution in [2.45, 2.75) is 32.7 Å². The lowest BCUT2D eigenvalue weighted by Crippen LogP contribution is -2.23. The maximum absolute atomic E-state index is 4.49. The maximum Gasteiger partial charge on any atom is 0.231 e. The third kappa shape index (κ3) is 3.81. The minimum atomic E-state index is 0.293. The van der Waals surface area contributed by atoms with E-state index in [4.69, 9.17) is 0 Å². The van der Waals surface area contributed by atoms with Crippen LogP contribution < -0.4 is 15.5 Å². The Kier molecular flexibility index (Phi) is 4.54. The van der Waals surface area contributed by atoms with Crippen molar-refractivity contribution in [1.82, 2.24) is 15.0 Å². The van der Waals surface area contributed by atoms with Crippen molar-refractivity contribution >= 4 is 17.8 Å². The third-order valence-electron chi connectivity index (χ3n) is 2.83. The second kappa shape index (κ2) is 6.36. The summed E-state index contributed by atoms with van der Waals surface area (Å²) in [6.07, 6.45) is 4.19. The SMILES string of the molecule is C=CCNc1nc(NC(C)C)nc(N2CCCC2)n1. The predicted molar refractivity (Wildman–Crippen MR) is 78.7 cm³/mol. The van der Waals surface area contributed by atoms with E-state index in [1.807, 2.05) is 0 Å². The lowest BCUT2D eigenvalue weighted by atomic mass is 10.4. The summed E-state index contributed by atoms with van der Waals surface area (Å²) in [6, 6.07) is 0.293. The summed E-state index contributed by atoms with van der Waals surface area (Å²) in [5, 5.41) is 6.36. The summed E-state index contributed by atoms with van der Waals surface area (Å²) >= 11 is 0. The Labute approximate surface area is 114 Å². The van der Waals surface area contributed by atoms with Crippen molar-refractivity contribution in [3.8, 4) is 0 Å². The van der Waals surface area contributed by atoms with Gasteiger partial charge in [0.25, 0.3) is 0 Å². The summed E-state index contributed by atoms with van der Waals surface area (Å²) in [4.78, 5) is 15.5. The van der Waals surface area contributed by atoms with Crippen molar-refractivity contribution in [2.24, 2.45) is 0 Å². The van der Waals surface area contributed by atoms with Gasteiger partial charge in [0, 0.05) is 25.7 Å². The van der Waals surface area contributed by atoms with Crippen LogP contribution in [0.15, 0.2) is 12.7 Å². The molecule has 0 amide bonds. The molecular weight excluding hydrogens is 240 g/mol. The molecule has 1 fully saturated rings. The van der Waals surface area contributed by atoms with Gasteiger partial charge in [-0.2, -0.15) is 15.0 Å². The zero-order chi connectivity index (χ0) is 13.7. The van der Waals surface area contributed by atoms with Crippen LogP contribution >= 0.6 is 0 Å². The van der Waals surface area contributed by atoms with Crippen LogP contribution in [-0.2, 0) is 0 Å². The highest BCUT2D eigenvalue weighted by Gasteiger charge is 2.17. The Balaban J connectivity index is 2.21. The first-order valence-electron chi connectivity index (χ1n) is 6.81. The number of nitrogens with one attached hydrogen (secondary N) is 2. The van der Waals surface area contributed by atoms with Crippen molar-refractivity contribution in [2.75, 3.05) is 35.2 Å². The highest BCUT2D eigenvalue weighted by Crippen LogP contribution is 2.18. The van der Waals surface area contributed by atoms with Crippen LogP contribution in [0, 0.1) is 0 Å². The van der Waals surface area contributed by atoms with E-state index >= 15 is 0 Å². The van der Waals surface area contributed by atoms with Gasteiger partial charge in [-0.15, -0.1) is 6.58 Å². The molecule has 1 aliphatic heterocycles. The zero-order valence-electron chi connectivity index (χ0n) is 11.7. The Morgan fingerprint density at radius 3 is 2.53 bits per heavy atom. The van der Waals surface area contributed by atoms with Crippen LogP contribution in [0.2, 0.25) is 0 Å². The van der Waals surface area contributed by atoms with Gasteiger partial charge >= 0.3 is 0 Å². The molecule has 2 heterocycles. The Hall–Kier alpha value is -1.85. The normalized spacial score (nSPS) is 14.8. The van der Waals surface area contributed by atoms with Gasteiger partial charge in [0.05, 0.1) is 0 Å². The fraction of sp³-hybridized carbons (Fsp3) is 0.615. The second-order valence-electron chi connectivity index (χ2n) is 4.95. The van der Waals surface area contributed by atoms with Crippen molar-refractivity contribution in [1.29, 1.82) is 0 Å². The minimum absolute atomic E-state index is 0.293. The lowest BCUT2D eigenvalue weighted by Gasteiger charge is -2.17. The first-order chi connectivity index (χ1) is 9.19. The van der Waals surface area contributed by atoms with Gasteiger partial charge in [-0.1, -0.05) is 6.08 Å². The highest BCUT2D eigenvalue weighted by atomic mass is 15.3. The number of anilines is 3. The molecule has 0 radical (unpaired) electrons. The molecule has 1 saturated heterocycles. The fourth-order valence-electron chi connectivity index (χ4n) is 1.99. The minimum Gasteiger partial charge on any atom is -0.352 e. The largest absolute Gasteiger partial charge is 0.352 e. The van der Waals surface area contributed by atoms with Crippen LogP contribution in [0.25, 0.3) is 0 Å². The highest BCUT2D eigenvalue weighted by molar-refractivity contribution is 5.44. The van der Waals surface area contributed by atoms with E-state index in [9.17, 15) is 0 Å². The molecule has 0 bridgehead atoms. The number of hydrogen-bond donors (Lipinski definition) is 2. The van der Waals surface area contributed by atoms with Gasteiger partial charge in [-0.25, -0.2) is 0 Å². The van der Waals surface area contributed by atoms with E-state index in [1.165, 1.54) is 12.8 Å². The van der Waals surface area contributed by atoms with E-state index < -0.39 is 0 Å². The van der Waals surface area contributed by atoms with Crippen LogP contribution in [0.3, 0.4) is 0 Å². The molecule has 2 N–H and O–H groups in total. The molecule has 6 heteroatoms. The first kappa shape index (κ1) is 13.6. The van der Waals surface area contributed by atoms with Gasteiger partial charge in [0.15, 0.2) is 0 Å². The number of aromatic nitrogens is 3. The topological polar surface area (TPSA) is 66.0 Å². The number of rotatable bonds is 6. The average Bonchev–Trinajstić information content (AvgIpc) is 2.89. The molecule has 1 aromatic rings. The first-order valence-corrected chi connectivity index (χ1v) is 6.81. The fourth-order valence-corrected chi connectivity index (χ4v) is 1.99. The van der Waals surface area contributed by atoms with Crippen molar-refractivity contribution in [3.63, 3.8) is 0 Å². The third-order valence-corrected chi connectivity index (χ3v) is 2.83. The Morgan fingerprint density at radius 1 is 1.21 bits per heavy atom. The predicted octanol–water partition coefficient (Wildman–Crippen LogP) is 1.89. The van der Waals surface area contributed by atoms with Crippen LogP contribution in [0.5, 0.6) is 0 Å². The molecule has 1 aliphatic rings. The summed E-state index contributed by atoms with van der Waals surface area (Å²) in [5.74, 6) is 1.97. The van der Waals surface area contributed by atoms with E-state index in [0.717, 1.165) is 19.0 Å². The van der Waals surface area contributed by atoms with Crippen LogP contribution in [0.4, 0.5) is 17.8 Å². The van der Waals surface area contributed by atoms with Crippen molar-refractivity contribution < 1.29 is 0 Å². The van der Waals surface area contributed by atoms with Gasteiger partial charge in [-0.3, -0.25) is 0 Å². The lowest BCUT2D eigenvalue weighted by molar-refractivity contribution is 0.843. The molecule has 0 aromatic carbocycles. The molecule has 19 heavy (non-hydrogen) atoms. The van der Waals surface area contributed by atoms with Gasteiger partial charge < -0.3 is 15.5 Å². The molecule has 0 saturated carbocycles. The number of hydrogen-bond acceptors (Lipinski definition) is 6. The van der Waals surface area contributed by atoms with E-state index in [-0.39, 0.29) is 0 Å². The second-order valence-corrected chi connectivity index (χ2v) is 4.95. The maximum atomic E-state index is 4.49. The smallest absolute Gasteiger partial charge is 0.231 e. The summed E-state index contributed by atoms with van der Waals surface area (Å²) in [7, 11) is 0. The quantitative estimate of drug-likeness (QED) is 0.763. The van der Waals surface area contributed by atoms with Crippen LogP contribution in [-0.4, -0.2) is 40.6 Å². The van der Waals surface area contributed by atoms with E-state index in [1.54, 1.807) is 6.08 Å². The molecule has 0 spiro atoms. The standard InChI is InChI=1S/C13H22N6/c1-4-7-14-11-16-12(15-10(2)3)18-13(17-11)19-8-5-6-9-19/h4,10H,1,5-9H2,2-3H3,(H2,14,15,16,17,18). The number of nitrogens with zero attached hydrogens (tertiary/aromatic N) is 4. The van der Waals surface area contributed by atoms with E-state index in [0.29, 0.717) is 24.5 Å². The van der Waals surface area contributed by atoms with E-state index in [2.05, 4.69) is 50.9 Å². The molecule has 1 aromatic heterocycles. The monoisotopic (exact) mass is 262 g/mol. The van der Waals surface area contributed by atoms with Crippen LogP contribution in [0.1, 0.15) is 26.7 Å². The molecular formula is C13H22N6. The van der Waals surface area contributed by atoms with Crippen molar-refractivity contribution in [3.05, 3.63) is 12.7 Å². The summed E-state index contributed by atoms with van der Waals surface area (Å²) in [5.41, 5.74) is 0. The molecule has 0 unspecified atom stereocenters.